The number of nitrogens with one attached hydrogen (secondary N) is 1. The third-order valence-electron chi connectivity index (χ3n) is 4.42. The Morgan fingerprint density at radius 1 is 1.43 bits per heavy atom. The fourth-order valence-electron chi connectivity index (χ4n) is 3.47. The summed E-state index contributed by atoms with van der Waals surface area (Å²) in [4.78, 5) is 19.0. The summed E-state index contributed by atoms with van der Waals surface area (Å²) in [7, 11) is 0. The number of piperidine rings is 1. The first-order valence-corrected chi connectivity index (χ1v) is 7.74. The summed E-state index contributed by atoms with van der Waals surface area (Å²) in [6.45, 7) is 3.30. The Balaban J connectivity index is 1.50. The van der Waals surface area contributed by atoms with Gasteiger partial charge in [0, 0.05) is 36.8 Å². The lowest BCUT2D eigenvalue weighted by Crippen LogP contribution is -2.47. The molecule has 0 radical (unpaired) electrons. The highest BCUT2D eigenvalue weighted by Crippen LogP contribution is 2.27. The van der Waals surface area contributed by atoms with Crippen LogP contribution in [0.5, 0.6) is 0 Å². The van der Waals surface area contributed by atoms with Crippen molar-refractivity contribution >= 4 is 29.5 Å². The van der Waals surface area contributed by atoms with Crippen LogP contribution in [0.1, 0.15) is 23.3 Å². The van der Waals surface area contributed by atoms with Gasteiger partial charge in [-0.1, -0.05) is 0 Å². The summed E-state index contributed by atoms with van der Waals surface area (Å²) in [6, 6.07) is 3.70. The van der Waals surface area contributed by atoms with Gasteiger partial charge in [-0.25, -0.2) is 0 Å². The molecule has 2 aliphatic heterocycles. The zero-order chi connectivity index (χ0) is 14.4. The number of fused-ring (bicyclic) bond motifs is 3. The first-order chi connectivity index (χ1) is 10.2. The minimum Gasteiger partial charge on any atom is -0.450 e. The molecule has 21 heavy (non-hydrogen) atoms. The molecule has 2 saturated heterocycles. The second kappa shape index (κ2) is 5.03. The number of pyridine rings is 1. The molecule has 2 aromatic heterocycles. The fourth-order valence-corrected chi connectivity index (χ4v) is 3.70. The summed E-state index contributed by atoms with van der Waals surface area (Å²) in [5, 5.41) is 4.49. The van der Waals surface area contributed by atoms with Crippen LogP contribution in [-0.2, 0) is 0 Å². The first kappa shape index (κ1) is 13.2. The summed E-state index contributed by atoms with van der Waals surface area (Å²) in [5.74, 6) is 0.609. The van der Waals surface area contributed by atoms with Crippen molar-refractivity contribution in [2.75, 3.05) is 19.6 Å². The Bertz CT molecular complexity index is 687. The Labute approximate surface area is 128 Å². The summed E-state index contributed by atoms with van der Waals surface area (Å²) in [6.07, 6.45) is 3.99. The standard InChI is InChI=1S/C15H17N3O2S/c19-15(17-11-3-9-1-2-18(7-9)8-11)12-5-13-10(6-16-12)4-14(21)20-13/h4-6,9,11,21H,1-3,7-8H2,(H,17,19). The van der Waals surface area contributed by atoms with E-state index >= 15 is 0 Å². The maximum absolute atomic E-state index is 12.3. The van der Waals surface area contributed by atoms with Gasteiger partial charge in [0.15, 0.2) is 5.09 Å². The number of carbonyl (C=O) groups excluding carboxylic acids is 1. The molecule has 2 aromatic rings. The molecular weight excluding hydrogens is 286 g/mol. The lowest BCUT2D eigenvalue weighted by atomic mass is 9.97. The molecule has 110 valence electrons. The third-order valence-corrected chi connectivity index (χ3v) is 4.64. The van der Waals surface area contributed by atoms with Crippen molar-refractivity contribution in [3.8, 4) is 0 Å². The lowest BCUT2D eigenvalue weighted by Gasteiger charge is -2.30. The number of rotatable bonds is 2. The molecule has 0 aliphatic carbocycles. The minimum absolute atomic E-state index is 0.124. The van der Waals surface area contributed by atoms with Crippen molar-refractivity contribution in [2.24, 2.45) is 5.92 Å². The molecule has 3 atom stereocenters. The minimum atomic E-state index is -0.124. The van der Waals surface area contributed by atoms with Crippen LogP contribution in [0.2, 0.25) is 0 Å². The predicted molar refractivity (Wildman–Crippen MR) is 81.7 cm³/mol. The molecule has 0 aromatic carbocycles. The van der Waals surface area contributed by atoms with Crippen molar-refractivity contribution in [1.82, 2.24) is 15.2 Å². The zero-order valence-electron chi connectivity index (χ0n) is 11.6. The van der Waals surface area contributed by atoms with E-state index in [9.17, 15) is 4.79 Å². The van der Waals surface area contributed by atoms with Gasteiger partial charge in [-0.05, 0) is 31.4 Å². The molecule has 0 saturated carbocycles. The van der Waals surface area contributed by atoms with Gasteiger partial charge in [-0.2, -0.15) is 0 Å². The number of furan rings is 1. The summed E-state index contributed by atoms with van der Waals surface area (Å²) >= 11 is 4.16. The molecule has 3 unspecified atom stereocenters. The van der Waals surface area contributed by atoms with Crippen LogP contribution in [0.15, 0.2) is 27.8 Å². The number of hydrogen-bond acceptors (Lipinski definition) is 5. The Morgan fingerprint density at radius 3 is 3.19 bits per heavy atom. The molecule has 6 heteroatoms. The number of aromatic nitrogens is 1. The van der Waals surface area contributed by atoms with Crippen molar-refractivity contribution in [2.45, 2.75) is 24.0 Å². The summed E-state index contributed by atoms with van der Waals surface area (Å²) < 4.78 is 5.43. The second-order valence-electron chi connectivity index (χ2n) is 6.01. The third kappa shape index (κ3) is 2.53. The van der Waals surface area contributed by atoms with E-state index in [2.05, 4.69) is 27.8 Å². The average Bonchev–Trinajstić information content (AvgIpc) is 2.99. The quantitative estimate of drug-likeness (QED) is 0.833. The SMILES string of the molecule is O=C(NC1CC2CCN(C2)C1)c1cc2oc(S)cc2cn1. The molecule has 5 nitrogen and oxygen atoms in total. The van der Waals surface area contributed by atoms with E-state index in [1.807, 2.05) is 0 Å². The molecule has 1 N–H and O–H groups in total. The van der Waals surface area contributed by atoms with Gasteiger partial charge < -0.3 is 14.6 Å². The topological polar surface area (TPSA) is 58.4 Å². The van der Waals surface area contributed by atoms with Crippen LogP contribution < -0.4 is 5.32 Å². The van der Waals surface area contributed by atoms with Gasteiger partial charge in [0.25, 0.3) is 5.91 Å². The molecule has 2 bridgehead atoms. The molecule has 2 fully saturated rings. The second-order valence-corrected chi connectivity index (χ2v) is 6.45. The smallest absolute Gasteiger partial charge is 0.270 e. The summed E-state index contributed by atoms with van der Waals surface area (Å²) in [5.41, 5.74) is 1.05. The average molecular weight is 303 g/mol. The first-order valence-electron chi connectivity index (χ1n) is 7.29. The van der Waals surface area contributed by atoms with Crippen LogP contribution in [0.4, 0.5) is 0 Å². The number of carbonyl (C=O) groups is 1. The van der Waals surface area contributed by atoms with E-state index in [1.54, 1.807) is 18.3 Å². The molecular formula is C15H17N3O2S. The highest BCUT2D eigenvalue weighted by Gasteiger charge is 2.33. The zero-order valence-corrected chi connectivity index (χ0v) is 12.5. The van der Waals surface area contributed by atoms with Gasteiger partial charge in [0.05, 0.1) is 0 Å². The maximum Gasteiger partial charge on any atom is 0.270 e. The van der Waals surface area contributed by atoms with Gasteiger partial charge >= 0.3 is 0 Å². The van der Waals surface area contributed by atoms with Crippen molar-refractivity contribution in [3.05, 3.63) is 24.0 Å². The van der Waals surface area contributed by atoms with Gasteiger partial charge in [0.1, 0.15) is 11.3 Å². The fraction of sp³-hybridized carbons (Fsp3) is 0.467. The van der Waals surface area contributed by atoms with Gasteiger partial charge in [-0.3, -0.25) is 9.78 Å². The van der Waals surface area contributed by atoms with Crippen LogP contribution in [0.3, 0.4) is 0 Å². The van der Waals surface area contributed by atoms with Crippen molar-refractivity contribution in [3.63, 3.8) is 0 Å². The van der Waals surface area contributed by atoms with E-state index in [0.717, 1.165) is 24.3 Å². The normalized spacial score (nSPS) is 28.0. The van der Waals surface area contributed by atoms with E-state index in [1.165, 1.54) is 19.5 Å². The van der Waals surface area contributed by atoms with E-state index in [4.69, 9.17) is 4.42 Å². The monoisotopic (exact) mass is 303 g/mol. The van der Waals surface area contributed by atoms with E-state index in [0.29, 0.717) is 16.4 Å². The van der Waals surface area contributed by atoms with Gasteiger partial charge in [-0.15, -0.1) is 12.6 Å². The molecule has 1 amide bonds. The van der Waals surface area contributed by atoms with Crippen LogP contribution in [0.25, 0.3) is 11.0 Å². The number of nitrogens with zero attached hydrogens (tertiary/aromatic N) is 2. The number of hydrogen-bond donors (Lipinski definition) is 2. The Kier molecular flexibility index (Phi) is 3.15. The molecule has 4 rings (SSSR count). The Hall–Kier alpha value is -1.53. The lowest BCUT2D eigenvalue weighted by molar-refractivity contribution is 0.0904. The van der Waals surface area contributed by atoms with Gasteiger partial charge in [0.2, 0.25) is 0 Å². The predicted octanol–water partition coefficient (Wildman–Crippen LogP) is 1.94. The highest BCUT2D eigenvalue weighted by atomic mass is 32.1. The molecule has 2 aliphatic rings. The molecule has 4 heterocycles. The van der Waals surface area contributed by atoms with Crippen LogP contribution in [0, 0.1) is 5.92 Å². The van der Waals surface area contributed by atoms with E-state index < -0.39 is 0 Å². The highest BCUT2D eigenvalue weighted by molar-refractivity contribution is 7.80. The molecule has 0 spiro atoms. The maximum atomic E-state index is 12.3. The van der Waals surface area contributed by atoms with Crippen molar-refractivity contribution < 1.29 is 9.21 Å². The number of thiol groups is 1. The largest absolute Gasteiger partial charge is 0.450 e. The van der Waals surface area contributed by atoms with Crippen LogP contribution >= 0.6 is 12.6 Å². The Morgan fingerprint density at radius 2 is 2.33 bits per heavy atom. The van der Waals surface area contributed by atoms with Crippen LogP contribution in [-0.4, -0.2) is 41.5 Å². The number of amides is 1. The van der Waals surface area contributed by atoms with Crippen molar-refractivity contribution in [1.29, 1.82) is 0 Å². The van der Waals surface area contributed by atoms with E-state index in [-0.39, 0.29) is 11.9 Å².